The smallest absolute Gasteiger partial charge is 0.462 e. The summed E-state index contributed by atoms with van der Waals surface area (Å²) < 4.78 is 68.3. The molecule has 0 saturated heterocycles. The van der Waals surface area contributed by atoms with Crippen LogP contribution in [0.2, 0.25) is 0 Å². The first-order chi connectivity index (χ1) is 43.6. The molecule has 0 aliphatic carbocycles. The van der Waals surface area contributed by atoms with Gasteiger partial charge < -0.3 is 33.8 Å². The van der Waals surface area contributed by atoms with Crippen LogP contribution >= 0.6 is 15.6 Å². The Bertz CT molecular complexity index is 1740. The van der Waals surface area contributed by atoms with E-state index in [1.165, 1.54) is 193 Å². The second-order valence-corrected chi connectivity index (χ2v) is 28.8. The van der Waals surface area contributed by atoms with Crippen molar-refractivity contribution in [3.63, 3.8) is 0 Å². The first-order valence-electron chi connectivity index (χ1n) is 37.2. The molecule has 0 radical (unpaired) electrons. The van der Waals surface area contributed by atoms with Crippen LogP contribution in [0.5, 0.6) is 0 Å². The van der Waals surface area contributed by atoms with E-state index < -0.39 is 97.5 Å². The lowest BCUT2D eigenvalue weighted by atomic mass is 10.00. The number of unbranched alkanes of at least 4 members (excludes halogenated alkanes) is 42. The molecule has 0 rings (SSSR count). The second kappa shape index (κ2) is 64.4. The van der Waals surface area contributed by atoms with Crippen molar-refractivity contribution in [1.29, 1.82) is 0 Å². The van der Waals surface area contributed by atoms with Gasteiger partial charge in [0, 0.05) is 25.7 Å². The van der Waals surface area contributed by atoms with Gasteiger partial charge in [-0.05, 0) is 31.6 Å². The lowest BCUT2D eigenvalue weighted by molar-refractivity contribution is -0.161. The zero-order valence-electron chi connectivity index (χ0n) is 58.3. The Kier molecular flexibility index (Phi) is 63.0. The summed E-state index contributed by atoms with van der Waals surface area (Å²) in [6, 6.07) is 0. The van der Waals surface area contributed by atoms with Crippen LogP contribution in [0.15, 0.2) is 0 Å². The summed E-state index contributed by atoms with van der Waals surface area (Å²) in [5, 5.41) is 10.6. The van der Waals surface area contributed by atoms with Gasteiger partial charge in [-0.3, -0.25) is 37.3 Å². The normalized spacial score (nSPS) is 14.4. The van der Waals surface area contributed by atoms with Gasteiger partial charge in [-0.25, -0.2) is 9.13 Å². The van der Waals surface area contributed by atoms with Crippen molar-refractivity contribution in [3.05, 3.63) is 0 Å². The third kappa shape index (κ3) is 63.5. The summed E-state index contributed by atoms with van der Waals surface area (Å²) in [6.45, 7) is 7.19. The number of hydrogen-bond acceptors (Lipinski definition) is 15. The molecule has 0 bridgehead atoms. The third-order valence-electron chi connectivity index (χ3n) is 16.9. The van der Waals surface area contributed by atoms with E-state index in [0.29, 0.717) is 25.7 Å². The first kappa shape index (κ1) is 88.1. The predicted molar refractivity (Wildman–Crippen MR) is 363 cm³/mol. The molecule has 0 amide bonds. The molecule has 0 heterocycles. The standard InChI is InChI=1S/C71H138O17P2/c1-6-10-13-16-19-22-25-26-27-28-29-30-31-32-34-37-40-46-51-56-70(75)87-66(60-81-69(74)55-50-45-39-36-33-23-20-17-14-11-7-2)62-85-89(77,78)83-58-65(72)59-84-90(79,80)86-63-67(88-71(76)57-52-47-42-41-43-48-53-64(5)9-4)61-82-68(73)54-49-44-38-35-24-21-18-15-12-8-3/h64-67,72H,6-63H2,1-5H3,(H,77,78)(H,79,80)/t64?,65-,66-,67-/m1/s1. The van der Waals surface area contributed by atoms with E-state index in [9.17, 15) is 43.2 Å². The van der Waals surface area contributed by atoms with Crippen LogP contribution < -0.4 is 0 Å². The molecule has 0 aromatic heterocycles. The van der Waals surface area contributed by atoms with Crippen molar-refractivity contribution in [1.82, 2.24) is 0 Å². The Morgan fingerprint density at radius 1 is 0.311 bits per heavy atom. The number of rotatable bonds is 71. The molecule has 17 nitrogen and oxygen atoms in total. The van der Waals surface area contributed by atoms with Gasteiger partial charge in [0.2, 0.25) is 0 Å². The first-order valence-corrected chi connectivity index (χ1v) is 40.2. The number of aliphatic hydroxyl groups excluding tert-OH is 1. The van der Waals surface area contributed by atoms with Gasteiger partial charge in [-0.15, -0.1) is 0 Å². The Balaban J connectivity index is 5.19. The maximum atomic E-state index is 13.0. The SMILES string of the molecule is CCCCCCCCCCCCCCCCCCCCCC(=O)O[C@H](COC(=O)CCCCCCCCCCCCC)COP(=O)(O)OC[C@@H](O)COP(=O)(O)OC[C@@H](COC(=O)CCCCCCCCCCCC)OC(=O)CCCCCCCCC(C)CC. The Morgan fingerprint density at radius 3 is 0.789 bits per heavy atom. The highest BCUT2D eigenvalue weighted by Crippen LogP contribution is 2.45. The fraction of sp³-hybridized carbons (Fsp3) is 0.944. The lowest BCUT2D eigenvalue weighted by Crippen LogP contribution is -2.30. The average molecular weight is 1330 g/mol. The number of phosphoric ester groups is 2. The summed E-state index contributed by atoms with van der Waals surface area (Å²) in [7, 11) is -9.90. The van der Waals surface area contributed by atoms with Crippen LogP contribution in [0.1, 0.15) is 369 Å². The zero-order chi connectivity index (χ0) is 66.3. The number of esters is 4. The van der Waals surface area contributed by atoms with Crippen molar-refractivity contribution >= 4 is 39.5 Å². The highest BCUT2D eigenvalue weighted by atomic mass is 31.2. The van der Waals surface area contributed by atoms with Gasteiger partial charge in [-0.1, -0.05) is 317 Å². The molecule has 90 heavy (non-hydrogen) atoms. The zero-order valence-corrected chi connectivity index (χ0v) is 60.1. The average Bonchev–Trinajstić information content (AvgIpc) is 2.79. The molecule has 0 aliphatic rings. The minimum Gasteiger partial charge on any atom is -0.462 e. The van der Waals surface area contributed by atoms with Crippen molar-refractivity contribution in [3.8, 4) is 0 Å². The van der Waals surface area contributed by atoms with Crippen LogP contribution in [-0.4, -0.2) is 96.7 Å². The fourth-order valence-electron chi connectivity index (χ4n) is 10.8. The summed E-state index contributed by atoms with van der Waals surface area (Å²) in [5.41, 5.74) is 0. The minimum absolute atomic E-state index is 0.103. The van der Waals surface area contributed by atoms with Crippen LogP contribution in [0.25, 0.3) is 0 Å². The van der Waals surface area contributed by atoms with Gasteiger partial charge >= 0.3 is 39.5 Å². The molecule has 19 heteroatoms. The van der Waals surface area contributed by atoms with Gasteiger partial charge in [0.1, 0.15) is 19.3 Å². The fourth-order valence-corrected chi connectivity index (χ4v) is 12.4. The van der Waals surface area contributed by atoms with Crippen LogP contribution in [0.4, 0.5) is 0 Å². The van der Waals surface area contributed by atoms with E-state index in [2.05, 4.69) is 34.6 Å². The molecule has 3 N–H and O–H groups in total. The van der Waals surface area contributed by atoms with Crippen molar-refractivity contribution < 1.29 is 80.2 Å². The maximum absolute atomic E-state index is 13.0. The van der Waals surface area contributed by atoms with E-state index in [1.807, 2.05) is 0 Å². The molecular weight excluding hydrogens is 1190 g/mol. The molecule has 0 saturated carbocycles. The molecule has 534 valence electrons. The quantitative estimate of drug-likeness (QED) is 0.0222. The molecule has 0 aromatic carbocycles. The van der Waals surface area contributed by atoms with Gasteiger partial charge in [-0.2, -0.15) is 0 Å². The van der Waals surface area contributed by atoms with Crippen molar-refractivity contribution in [2.75, 3.05) is 39.6 Å². The van der Waals surface area contributed by atoms with Crippen LogP contribution in [0, 0.1) is 5.92 Å². The molecular formula is C71H138O17P2. The van der Waals surface area contributed by atoms with Crippen molar-refractivity contribution in [2.24, 2.45) is 5.92 Å². The van der Waals surface area contributed by atoms with E-state index in [1.54, 1.807) is 0 Å². The highest BCUT2D eigenvalue weighted by Gasteiger charge is 2.30. The summed E-state index contributed by atoms with van der Waals surface area (Å²) in [5.74, 6) is -1.40. The molecule has 0 spiro atoms. The van der Waals surface area contributed by atoms with Gasteiger partial charge in [0.25, 0.3) is 0 Å². The molecule has 0 aromatic rings. The summed E-state index contributed by atoms with van der Waals surface area (Å²) in [4.78, 5) is 72.5. The third-order valence-corrected chi connectivity index (χ3v) is 18.8. The van der Waals surface area contributed by atoms with Crippen LogP contribution in [-0.2, 0) is 65.4 Å². The number of phosphoric acid groups is 2. The largest absolute Gasteiger partial charge is 0.472 e. The monoisotopic (exact) mass is 1320 g/mol. The predicted octanol–water partition coefficient (Wildman–Crippen LogP) is 20.5. The number of aliphatic hydroxyl groups is 1. The second-order valence-electron chi connectivity index (χ2n) is 25.9. The maximum Gasteiger partial charge on any atom is 0.472 e. The Hall–Kier alpha value is -1.94. The van der Waals surface area contributed by atoms with Gasteiger partial charge in [0.15, 0.2) is 12.2 Å². The minimum atomic E-state index is -4.95. The highest BCUT2D eigenvalue weighted by molar-refractivity contribution is 7.47. The number of carbonyl (C=O) groups is 4. The summed E-state index contributed by atoms with van der Waals surface area (Å²) >= 11 is 0. The van der Waals surface area contributed by atoms with E-state index in [-0.39, 0.29) is 25.7 Å². The van der Waals surface area contributed by atoms with E-state index >= 15 is 0 Å². The molecule has 3 unspecified atom stereocenters. The van der Waals surface area contributed by atoms with E-state index in [0.717, 1.165) is 95.8 Å². The lowest BCUT2D eigenvalue weighted by Gasteiger charge is -2.21. The van der Waals surface area contributed by atoms with E-state index in [4.69, 9.17) is 37.0 Å². The number of carbonyl (C=O) groups excluding carboxylic acids is 4. The van der Waals surface area contributed by atoms with Gasteiger partial charge in [0.05, 0.1) is 26.4 Å². The number of hydrogen-bond donors (Lipinski definition) is 3. The van der Waals surface area contributed by atoms with Crippen molar-refractivity contribution in [2.45, 2.75) is 387 Å². The number of ether oxygens (including phenoxy) is 4. The Labute approximate surface area is 549 Å². The van der Waals surface area contributed by atoms with Crippen LogP contribution in [0.3, 0.4) is 0 Å². The Morgan fingerprint density at radius 2 is 0.533 bits per heavy atom. The summed E-state index contributed by atoms with van der Waals surface area (Å²) in [6.07, 6.45) is 51.4. The molecule has 6 atom stereocenters. The molecule has 0 aliphatic heterocycles. The molecule has 0 fully saturated rings. The topological polar surface area (TPSA) is 237 Å².